The lowest BCUT2D eigenvalue weighted by Crippen LogP contribution is -2.46. The van der Waals surface area contributed by atoms with Gasteiger partial charge in [-0.15, -0.1) is 0 Å². The zero-order chi connectivity index (χ0) is 23.4. The summed E-state index contributed by atoms with van der Waals surface area (Å²) in [4.78, 5) is 40.8. The van der Waals surface area contributed by atoms with E-state index in [2.05, 4.69) is 5.32 Å². The molecule has 0 bridgehead atoms. The predicted molar refractivity (Wildman–Crippen MR) is 131 cm³/mol. The molecule has 3 aromatic rings. The Labute approximate surface area is 192 Å². The van der Waals surface area contributed by atoms with Crippen molar-refractivity contribution in [2.45, 2.75) is 32.2 Å². The van der Waals surface area contributed by atoms with Crippen LogP contribution in [0.4, 0.5) is 17.2 Å². The van der Waals surface area contributed by atoms with E-state index in [1.807, 2.05) is 59.5 Å². The molecule has 1 aliphatic heterocycles. The number of rotatable bonds is 6. The Hall–Kier alpha value is -3.81. The highest BCUT2D eigenvalue weighted by molar-refractivity contribution is 5.91. The highest BCUT2D eigenvalue weighted by atomic mass is 16.2. The van der Waals surface area contributed by atoms with E-state index in [-0.39, 0.29) is 12.4 Å². The number of anilines is 3. The van der Waals surface area contributed by atoms with Crippen molar-refractivity contribution in [1.82, 2.24) is 9.13 Å². The van der Waals surface area contributed by atoms with Gasteiger partial charge in [-0.3, -0.25) is 14.2 Å². The molecule has 0 atom stereocenters. The molecule has 1 saturated heterocycles. The molecule has 1 aromatic heterocycles. The molecule has 3 N–H and O–H groups in total. The number of benzene rings is 2. The molecule has 0 saturated carbocycles. The fraction of sp³-hybridized carbons (Fsp3) is 0.320. The van der Waals surface area contributed by atoms with Crippen molar-refractivity contribution >= 4 is 23.1 Å². The maximum atomic E-state index is 13.2. The van der Waals surface area contributed by atoms with Gasteiger partial charge in [0.1, 0.15) is 18.1 Å². The zero-order valence-corrected chi connectivity index (χ0v) is 18.8. The van der Waals surface area contributed by atoms with Crippen LogP contribution in [-0.4, -0.2) is 28.1 Å². The third-order valence-corrected chi connectivity index (χ3v) is 6.07. The van der Waals surface area contributed by atoms with Crippen molar-refractivity contribution in [1.29, 1.82) is 0 Å². The van der Waals surface area contributed by atoms with Crippen LogP contribution >= 0.6 is 0 Å². The molecule has 1 fully saturated rings. The average Bonchev–Trinajstić information content (AvgIpc) is 2.83. The molecule has 0 radical (unpaired) electrons. The first kappa shape index (κ1) is 22.4. The molecule has 8 heteroatoms. The van der Waals surface area contributed by atoms with Crippen LogP contribution < -0.4 is 27.2 Å². The van der Waals surface area contributed by atoms with Gasteiger partial charge in [0.05, 0.1) is 0 Å². The number of carbonyl (C=O) groups excluding carboxylic acids is 1. The van der Waals surface area contributed by atoms with Crippen molar-refractivity contribution in [2.75, 3.05) is 29.0 Å². The highest BCUT2D eigenvalue weighted by Gasteiger charge is 2.23. The second-order valence-corrected chi connectivity index (χ2v) is 8.38. The lowest BCUT2D eigenvalue weighted by molar-refractivity contribution is -0.116. The molecule has 8 nitrogen and oxygen atoms in total. The second kappa shape index (κ2) is 9.77. The van der Waals surface area contributed by atoms with Gasteiger partial charge >= 0.3 is 5.69 Å². The van der Waals surface area contributed by atoms with Gasteiger partial charge in [-0.25, -0.2) is 9.36 Å². The molecule has 33 heavy (non-hydrogen) atoms. The Bertz CT molecular complexity index is 1260. The maximum absolute atomic E-state index is 13.2. The molecule has 1 amide bonds. The van der Waals surface area contributed by atoms with E-state index in [0.29, 0.717) is 30.9 Å². The van der Waals surface area contributed by atoms with E-state index in [1.165, 1.54) is 11.6 Å². The second-order valence-electron chi connectivity index (χ2n) is 8.38. The lowest BCUT2D eigenvalue weighted by Gasteiger charge is -2.29. The van der Waals surface area contributed by atoms with Crippen LogP contribution in [0.2, 0.25) is 0 Å². The van der Waals surface area contributed by atoms with Crippen LogP contribution in [0.1, 0.15) is 30.4 Å². The third-order valence-electron chi connectivity index (χ3n) is 6.07. The minimum Gasteiger partial charge on any atom is -0.383 e. The summed E-state index contributed by atoms with van der Waals surface area (Å²) in [7, 11) is 1.52. The van der Waals surface area contributed by atoms with E-state index < -0.39 is 17.2 Å². The Morgan fingerprint density at radius 1 is 0.970 bits per heavy atom. The monoisotopic (exact) mass is 447 g/mol. The zero-order valence-electron chi connectivity index (χ0n) is 18.8. The summed E-state index contributed by atoms with van der Waals surface area (Å²) in [6.45, 7) is 1.03. The number of nitrogen functional groups attached to an aromatic ring is 1. The predicted octanol–water partition coefficient (Wildman–Crippen LogP) is 2.35. The molecule has 1 aliphatic rings. The Balaban J connectivity index is 1.59. The number of nitrogens with zero attached hydrogens (tertiary/aromatic N) is 3. The van der Waals surface area contributed by atoms with E-state index in [1.54, 1.807) is 0 Å². The van der Waals surface area contributed by atoms with E-state index in [9.17, 15) is 14.4 Å². The first-order valence-corrected chi connectivity index (χ1v) is 11.2. The van der Waals surface area contributed by atoms with Crippen molar-refractivity contribution in [3.63, 3.8) is 0 Å². The molecule has 2 aromatic carbocycles. The SMILES string of the molecule is Cn1c(N)c(N2CCCCC2)c(=O)n(CC(=O)Nc2ccccc2Cc2ccccc2)c1=O. The molecule has 4 rings (SSSR count). The number of piperidine rings is 1. The van der Waals surface area contributed by atoms with Gasteiger partial charge in [-0.2, -0.15) is 0 Å². The summed E-state index contributed by atoms with van der Waals surface area (Å²) >= 11 is 0. The van der Waals surface area contributed by atoms with E-state index >= 15 is 0 Å². The van der Waals surface area contributed by atoms with Gasteiger partial charge in [0.15, 0.2) is 0 Å². The van der Waals surface area contributed by atoms with E-state index in [0.717, 1.165) is 35.0 Å². The topological polar surface area (TPSA) is 102 Å². The normalized spacial score (nSPS) is 13.7. The summed E-state index contributed by atoms with van der Waals surface area (Å²) in [6.07, 6.45) is 3.67. The standard InChI is InChI=1S/C25H29N5O3/c1-28-23(26)22(29-14-8-3-9-15-29)24(32)30(25(28)33)17-21(31)27-20-13-7-6-12-19(20)16-18-10-4-2-5-11-18/h2,4-7,10-13H,3,8-9,14-17,26H2,1H3,(H,27,31). The quantitative estimate of drug-likeness (QED) is 0.604. The summed E-state index contributed by atoms with van der Waals surface area (Å²) in [5.74, 6) is -0.305. The number of amides is 1. The molecular formula is C25H29N5O3. The van der Waals surface area contributed by atoms with Crippen LogP contribution in [0, 0.1) is 0 Å². The van der Waals surface area contributed by atoms with Gasteiger partial charge in [0.25, 0.3) is 5.56 Å². The molecule has 172 valence electrons. The fourth-order valence-corrected chi connectivity index (χ4v) is 4.27. The van der Waals surface area contributed by atoms with Crippen molar-refractivity contribution in [3.8, 4) is 0 Å². The van der Waals surface area contributed by atoms with Gasteiger partial charge in [-0.1, -0.05) is 48.5 Å². The number of aromatic nitrogens is 2. The Morgan fingerprint density at radius 3 is 2.36 bits per heavy atom. The summed E-state index contributed by atoms with van der Waals surface area (Å²) in [5.41, 5.74) is 8.03. The largest absolute Gasteiger partial charge is 0.383 e. The minimum atomic E-state index is -0.606. The van der Waals surface area contributed by atoms with Gasteiger partial charge in [0, 0.05) is 25.8 Å². The number of hydrogen-bond acceptors (Lipinski definition) is 5. The highest BCUT2D eigenvalue weighted by Crippen LogP contribution is 2.21. The van der Waals surface area contributed by atoms with Gasteiger partial charge in [0.2, 0.25) is 5.91 Å². The maximum Gasteiger partial charge on any atom is 0.332 e. The van der Waals surface area contributed by atoms with E-state index in [4.69, 9.17) is 5.73 Å². The molecule has 0 spiro atoms. The van der Waals surface area contributed by atoms with Crippen LogP contribution in [0.25, 0.3) is 0 Å². The van der Waals surface area contributed by atoms with Crippen LogP contribution in [0.3, 0.4) is 0 Å². The summed E-state index contributed by atoms with van der Waals surface area (Å²) < 4.78 is 2.21. The van der Waals surface area contributed by atoms with Crippen LogP contribution in [0.15, 0.2) is 64.2 Å². The van der Waals surface area contributed by atoms with Crippen molar-refractivity contribution < 1.29 is 4.79 Å². The smallest absolute Gasteiger partial charge is 0.332 e. The number of nitrogens with one attached hydrogen (secondary N) is 1. The number of nitrogens with two attached hydrogens (primary N) is 1. The Morgan fingerprint density at radius 2 is 1.64 bits per heavy atom. The lowest BCUT2D eigenvalue weighted by atomic mass is 10.0. The first-order valence-electron chi connectivity index (χ1n) is 11.2. The van der Waals surface area contributed by atoms with Gasteiger partial charge < -0.3 is 16.0 Å². The summed E-state index contributed by atoms with van der Waals surface area (Å²) in [6, 6.07) is 17.5. The fourth-order valence-electron chi connectivity index (χ4n) is 4.27. The van der Waals surface area contributed by atoms with Crippen molar-refractivity contribution in [3.05, 3.63) is 86.6 Å². The van der Waals surface area contributed by atoms with Crippen molar-refractivity contribution in [2.24, 2.45) is 7.05 Å². The first-order chi connectivity index (χ1) is 16.0. The number of para-hydroxylation sites is 1. The molecular weight excluding hydrogens is 418 g/mol. The average molecular weight is 448 g/mol. The minimum absolute atomic E-state index is 0.136. The molecule has 2 heterocycles. The molecule has 0 unspecified atom stereocenters. The third kappa shape index (κ3) is 4.84. The van der Waals surface area contributed by atoms with Crippen LogP contribution in [-0.2, 0) is 24.8 Å². The number of hydrogen-bond donors (Lipinski definition) is 2. The summed E-state index contributed by atoms with van der Waals surface area (Å²) in [5, 5.41) is 2.88. The Kier molecular flexibility index (Phi) is 6.63. The molecule has 0 aliphatic carbocycles. The van der Waals surface area contributed by atoms with Gasteiger partial charge in [-0.05, 0) is 42.9 Å². The van der Waals surface area contributed by atoms with Crippen LogP contribution in [0.5, 0.6) is 0 Å². The number of carbonyl (C=O) groups is 1.